The standard InChI is InChI=1S/C17H14ClN3/c1-12-6-7-14-16(10-12)21(17(20-14)8-9-18)15-5-3-2-4-13(15)11-19/h2-7,10H,8-9H2,1H3. The molecule has 0 saturated heterocycles. The SMILES string of the molecule is Cc1ccc2nc(CCCl)n(-c3ccccc3C#N)c2c1. The predicted octanol–water partition coefficient (Wildman–Crippen LogP) is 3.99. The number of aromatic nitrogens is 2. The molecule has 0 spiro atoms. The van der Waals surface area contributed by atoms with Gasteiger partial charge in [0, 0.05) is 12.3 Å². The summed E-state index contributed by atoms with van der Waals surface area (Å²) < 4.78 is 2.04. The maximum Gasteiger partial charge on any atom is 0.115 e. The molecule has 0 bridgehead atoms. The maximum atomic E-state index is 9.35. The number of aryl methyl sites for hydroxylation is 2. The van der Waals surface area contributed by atoms with Crippen LogP contribution in [-0.4, -0.2) is 15.4 Å². The van der Waals surface area contributed by atoms with Gasteiger partial charge in [-0.2, -0.15) is 5.26 Å². The van der Waals surface area contributed by atoms with Gasteiger partial charge in [-0.15, -0.1) is 11.6 Å². The fourth-order valence-corrected chi connectivity index (χ4v) is 2.69. The number of fused-ring (bicyclic) bond motifs is 1. The number of alkyl halides is 1. The summed E-state index contributed by atoms with van der Waals surface area (Å²) in [6, 6.07) is 16.0. The molecular formula is C17H14ClN3. The molecule has 0 N–H and O–H groups in total. The quantitative estimate of drug-likeness (QED) is 0.686. The first-order valence-electron chi connectivity index (χ1n) is 6.78. The van der Waals surface area contributed by atoms with Gasteiger partial charge in [0.05, 0.1) is 22.3 Å². The highest BCUT2D eigenvalue weighted by atomic mass is 35.5. The van der Waals surface area contributed by atoms with Crippen LogP contribution in [0.25, 0.3) is 16.7 Å². The highest BCUT2D eigenvalue weighted by Gasteiger charge is 2.14. The third-order valence-electron chi connectivity index (χ3n) is 3.46. The Kier molecular flexibility index (Phi) is 3.64. The number of para-hydroxylation sites is 1. The lowest BCUT2D eigenvalue weighted by Gasteiger charge is -2.10. The van der Waals surface area contributed by atoms with Crippen molar-refractivity contribution in [2.45, 2.75) is 13.3 Å². The predicted molar refractivity (Wildman–Crippen MR) is 84.9 cm³/mol. The van der Waals surface area contributed by atoms with Crippen molar-refractivity contribution in [3.63, 3.8) is 0 Å². The van der Waals surface area contributed by atoms with E-state index < -0.39 is 0 Å². The van der Waals surface area contributed by atoms with E-state index >= 15 is 0 Å². The topological polar surface area (TPSA) is 41.6 Å². The summed E-state index contributed by atoms with van der Waals surface area (Å²) in [5.74, 6) is 1.38. The maximum absolute atomic E-state index is 9.35. The minimum absolute atomic E-state index is 0.497. The minimum atomic E-state index is 0.497. The fraction of sp³-hybridized carbons (Fsp3) is 0.176. The highest BCUT2D eigenvalue weighted by Crippen LogP contribution is 2.25. The summed E-state index contributed by atoms with van der Waals surface area (Å²) in [6.07, 6.45) is 0.662. The van der Waals surface area contributed by atoms with Crippen molar-refractivity contribution in [2.75, 3.05) is 5.88 Å². The van der Waals surface area contributed by atoms with Crippen LogP contribution >= 0.6 is 11.6 Å². The molecule has 2 aromatic carbocycles. The number of benzene rings is 2. The second-order valence-electron chi connectivity index (χ2n) is 4.92. The average molecular weight is 296 g/mol. The largest absolute Gasteiger partial charge is 0.295 e. The van der Waals surface area contributed by atoms with Gasteiger partial charge < -0.3 is 0 Å². The lowest BCUT2D eigenvalue weighted by molar-refractivity contribution is 0.910. The zero-order valence-electron chi connectivity index (χ0n) is 11.7. The zero-order valence-corrected chi connectivity index (χ0v) is 12.4. The summed E-state index contributed by atoms with van der Waals surface area (Å²) in [5, 5.41) is 9.35. The van der Waals surface area contributed by atoms with E-state index in [-0.39, 0.29) is 0 Å². The van der Waals surface area contributed by atoms with Crippen molar-refractivity contribution in [3.05, 3.63) is 59.4 Å². The lowest BCUT2D eigenvalue weighted by Crippen LogP contribution is -2.04. The van der Waals surface area contributed by atoms with E-state index in [1.807, 2.05) is 47.9 Å². The molecule has 0 saturated carbocycles. The van der Waals surface area contributed by atoms with Gasteiger partial charge in [0.25, 0.3) is 0 Å². The molecule has 3 rings (SSSR count). The Morgan fingerprint density at radius 1 is 1.24 bits per heavy atom. The number of rotatable bonds is 3. The summed E-state index contributed by atoms with van der Waals surface area (Å²) >= 11 is 5.91. The third kappa shape index (κ3) is 2.39. The van der Waals surface area contributed by atoms with E-state index in [9.17, 15) is 5.26 Å². The summed E-state index contributed by atoms with van der Waals surface area (Å²) in [6.45, 7) is 2.05. The van der Waals surface area contributed by atoms with Gasteiger partial charge in [0.2, 0.25) is 0 Å². The van der Waals surface area contributed by atoms with Gasteiger partial charge in [-0.1, -0.05) is 18.2 Å². The van der Waals surface area contributed by atoms with Crippen LogP contribution < -0.4 is 0 Å². The van der Waals surface area contributed by atoms with Crippen LogP contribution in [0.5, 0.6) is 0 Å². The first kappa shape index (κ1) is 13.7. The Balaban J connectivity index is 2.36. The van der Waals surface area contributed by atoms with Crippen LogP contribution in [0.2, 0.25) is 0 Å². The molecule has 0 aliphatic rings. The van der Waals surface area contributed by atoms with Crippen molar-refractivity contribution >= 4 is 22.6 Å². The Labute approximate surface area is 128 Å². The molecule has 0 amide bonds. The number of halogens is 1. The van der Waals surface area contributed by atoms with Crippen LogP contribution in [-0.2, 0) is 6.42 Å². The molecule has 1 heterocycles. The van der Waals surface area contributed by atoms with E-state index in [1.165, 1.54) is 0 Å². The van der Waals surface area contributed by atoms with Crippen LogP contribution in [0.1, 0.15) is 17.0 Å². The number of hydrogen-bond acceptors (Lipinski definition) is 2. The molecule has 0 fully saturated rings. The molecule has 0 atom stereocenters. The van der Waals surface area contributed by atoms with Gasteiger partial charge in [-0.05, 0) is 36.8 Å². The van der Waals surface area contributed by atoms with E-state index in [0.717, 1.165) is 28.1 Å². The van der Waals surface area contributed by atoms with Gasteiger partial charge >= 0.3 is 0 Å². The summed E-state index contributed by atoms with van der Waals surface area (Å²) in [5.41, 5.74) is 4.59. The Morgan fingerprint density at radius 2 is 2.05 bits per heavy atom. The molecule has 3 nitrogen and oxygen atoms in total. The van der Waals surface area contributed by atoms with Gasteiger partial charge in [-0.25, -0.2) is 4.98 Å². The zero-order chi connectivity index (χ0) is 14.8. The Morgan fingerprint density at radius 3 is 2.81 bits per heavy atom. The van der Waals surface area contributed by atoms with Gasteiger partial charge in [0.1, 0.15) is 11.9 Å². The van der Waals surface area contributed by atoms with E-state index in [1.54, 1.807) is 0 Å². The average Bonchev–Trinajstić information content (AvgIpc) is 2.84. The highest BCUT2D eigenvalue weighted by molar-refractivity contribution is 6.17. The Hall–Kier alpha value is -2.31. The number of nitriles is 1. The van der Waals surface area contributed by atoms with Crippen molar-refractivity contribution in [3.8, 4) is 11.8 Å². The molecule has 0 unspecified atom stereocenters. The molecule has 104 valence electrons. The Bertz CT molecular complexity index is 843. The number of hydrogen-bond donors (Lipinski definition) is 0. The van der Waals surface area contributed by atoms with Crippen LogP contribution in [0, 0.1) is 18.3 Å². The monoisotopic (exact) mass is 295 g/mol. The third-order valence-corrected chi connectivity index (χ3v) is 3.65. The smallest absolute Gasteiger partial charge is 0.115 e. The van der Waals surface area contributed by atoms with Crippen molar-refractivity contribution in [1.82, 2.24) is 9.55 Å². The van der Waals surface area contributed by atoms with E-state index in [2.05, 4.69) is 17.1 Å². The molecule has 4 heteroatoms. The molecule has 0 radical (unpaired) electrons. The molecule has 1 aromatic heterocycles. The van der Waals surface area contributed by atoms with Crippen molar-refractivity contribution < 1.29 is 0 Å². The van der Waals surface area contributed by atoms with Crippen molar-refractivity contribution in [2.24, 2.45) is 0 Å². The van der Waals surface area contributed by atoms with Crippen LogP contribution in [0.15, 0.2) is 42.5 Å². The first-order chi connectivity index (χ1) is 10.2. The van der Waals surface area contributed by atoms with Gasteiger partial charge in [0.15, 0.2) is 0 Å². The lowest BCUT2D eigenvalue weighted by atomic mass is 10.1. The molecule has 0 aliphatic carbocycles. The molecule has 0 aliphatic heterocycles. The van der Waals surface area contributed by atoms with Crippen molar-refractivity contribution in [1.29, 1.82) is 5.26 Å². The molecule has 3 aromatic rings. The van der Waals surface area contributed by atoms with Crippen LogP contribution in [0.3, 0.4) is 0 Å². The first-order valence-corrected chi connectivity index (χ1v) is 7.31. The molecular weight excluding hydrogens is 282 g/mol. The van der Waals surface area contributed by atoms with E-state index in [4.69, 9.17) is 11.6 Å². The summed E-state index contributed by atoms with van der Waals surface area (Å²) in [4.78, 5) is 4.66. The number of nitrogens with zero attached hydrogens (tertiary/aromatic N) is 3. The fourth-order valence-electron chi connectivity index (χ4n) is 2.52. The second-order valence-corrected chi connectivity index (χ2v) is 5.30. The second kappa shape index (κ2) is 5.59. The van der Waals surface area contributed by atoms with Crippen LogP contribution in [0.4, 0.5) is 0 Å². The van der Waals surface area contributed by atoms with E-state index in [0.29, 0.717) is 17.9 Å². The summed E-state index contributed by atoms with van der Waals surface area (Å²) in [7, 11) is 0. The molecule has 21 heavy (non-hydrogen) atoms. The minimum Gasteiger partial charge on any atom is -0.295 e. The number of imidazole rings is 1. The normalized spacial score (nSPS) is 10.7. The van der Waals surface area contributed by atoms with Gasteiger partial charge in [-0.3, -0.25) is 4.57 Å².